The predicted octanol–water partition coefficient (Wildman–Crippen LogP) is 2.46. The Kier molecular flexibility index (Phi) is 4.38. The van der Waals surface area contributed by atoms with Gasteiger partial charge in [0.25, 0.3) is 0 Å². The maximum absolute atomic E-state index is 12.0. The Balaban J connectivity index is 1.99. The van der Waals surface area contributed by atoms with Crippen molar-refractivity contribution in [1.82, 2.24) is 4.90 Å². The molecule has 1 fully saturated rings. The molecule has 1 aromatic rings. The zero-order valence-electron chi connectivity index (χ0n) is 11.4. The molecule has 1 aromatic carbocycles. The number of benzene rings is 1. The minimum Gasteiger partial charge on any atom is -0.383 e. The first-order chi connectivity index (χ1) is 9.15. The largest absolute Gasteiger partial charge is 0.383 e. The third-order valence-electron chi connectivity index (χ3n) is 3.61. The Morgan fingerprint density at radius 1 is 1.37 bits per heavy atom. The minimum atomic E-state index is -0.884. The summed E-state index contributed by atoms with van der Waals surface area (Å²) in [5.41, 5.74) is 0.0141. The highest BCUT2D eigenvalue weighted by Crippen LogP contribution is 2.31. The van der Waals surface area contributed by atoms with E-state index in [0.717, 1.165) is 12.0 Å². The maximum atomic E-state index is 12.0. The van der Waals surface area contributed by atoms with Gasteiger partial charge < -0.3 is 10.0 Å². The van der Waals surface area contributed by atoms with Crippen molar-refractivity contribution >= 4 is 5.91 Å². The fourth-order valence-corrected chi connectivity index (χ4v) is 2.47. The Morgan fingerprint density at radius 2 is 2.11 bits per heavy atom. The predicted molar refractivity (Wildman–Crippen MR) is 75.6 cm³/mol. The van der Waals surface area contributed by atoms with E-state index >= 15 is 0 Å². The number of allylic oxidation sites excluding steroid dienone is 1. The number of rotatable bonds is 4. The molecule has 3 nitrogen and oxygen atoms in total. The van der Waals surface area contributed by atoms with Gasteiger partial charge in [-0.15, -0.1) is 0 Å². The number of likely N-dealkylation sites (tertiary alicyclic amines) is 1. The van der Waals surface area contributed by atoms with Crippen LogP contribution in [0.15, 0.2) is 42.5 Å². The Hall–Kier alpha value is -1.61. The highest BCUT2D eigenvalue weighted by Gasteiger charge is 2.38. The lowest BCUT2D eigenvalue weighted by atomic mass is 9.93. The summed E-state index contributed by atoms with van der Waals surface area (Å²) in [5, 5.41) is 10.6. The van der Waals surface area contributed by atoms with Crippen LogP contribution in [0, 0.1) is 0 Å². The van der Waals surface area contributed by atoms with Gasteiger partial charge in [-0.05, 0) is 18.4 Å². The van der Waals surface area contributed by atoms with E-state index in [0.29, 0.717) is 25.9 Å². The molecule has 0 bridgehead atoms. The second kappa shape index (κ2) is 6.02. The Labute approximate surface area is 114 Å². The molecule has 102 valence electrons. The minimum absolute atomic E-state index is 0.0940. The van der Waals surface area contributed by atoms with E-state index in [9.17, 15) is 9.90 Å². The highest BCUT2D eigenvalue weighted by atomic mass is 16.3. The zero-order valence-corrected chi connectivity index (χ0v) is 11.4. The van der Waals surface area contributed by atoms with Crippen molar-refractivity contribution in [3.8, 4) is 0 Å². The molecule has 1 heterocycles. The monoisotopic (exact) mass is 259 g/mol. The second-order valence-corrected chi connectivity index (χ2v) is 5.05. The van der Waals surface area contributed by atoms with Crippen LogP contribution in [-0.4, -0.2) is 29.0 Å². The van der Waals surface area contributed by atoms with Crippen LogP contribution in [0.5, 0.6) is 0 Å². The number of nitrogens with zero attached hydrogens (tertiary/aromatic N) is 1. The summed E-state index contributed by atoms with van der Waals surface area (Å²) in [6.45, 7) is 3.07. The van der Waals surface area contributed by atoms with Crippen LogP contribution in [-0.2, 0) is 10.4 Å². The summed E-state index contributed by atoms with van der Waals surface area (Å²) in [6.07, 6.45) is 5.89. The van der Waals surface area contributed by atoms with Gasteiger partial charge in [-0.2, -0.15) is 0 Å². The molecule has 0 saturated carbocycles. The molecule has 1 N–H and O–H groups in total. The van der Waals surface area contributed by atoms with Crippen LogP contribution in [0.25, 0.3) is 0 Å². The molecule has 0 radical (unpaired) electrons. The molecule has 19 heavy (non-hydrogen) atoms. The lowest BCUT2D eigenvalue weighted by Gasteiger charge is -2.23. The Bertz CT molecular complexity index is 455. The number of carbonyl (C=O) groups is 1. The third-order valence-corrected chi connectivity index (χ3v) is 3.61. The van der Waals surface area contributed by atoms with Crippen molar-refractivity contribution in [1.29, 1.82) is 0 Å². The lowest BCUT2D eigenvalue weighted by molar-refractivity contribution is -0.130. The number of carbonyl (C=O) groups excluding carboxylic acids is 1. The van der Waals surface area contributed by atoms with Gasteiger partial charge in [0, 0.05) is 13.0 Å². The number of amides is 1. The Morgan fingerprint density at radius 3 is 2.79 bits per heavy atom. The molecule has 1 atom stereocenters. The van der Waals surface area contributed by atoms with Gasteiger partial charge in [0.05, 0.1) is 6.54 Å². The standard InChI is InChI=1S/C16H21NO2/c1-2-3-5-10-15(18)17-12-11-16(19,13-17)14-8-6-4-7-9-14/h3-9,19H,2,10-13H2,1H3/b5-3+. The van der Waals surface area contributed by atoms with E-state index in [1.54, 1.807) is 4.90 Å². The fourth-order valence-electron chi connectivity index (χ4n) is 2.47. The van der Waals surface area contributed by atoms with Gasteiger partial charge in [0.1, 0.15) is 5.60 Å². The number of hydrogen-bond acceptors (Lipinski definition) is 2. The van der Waals surface area contributed by atoms with Crippen molar-refractivity contribution in [2.24, 2.45) is 0 Å². The molecule has 1 amide bonds. The van der Waals surface area contributed by atoms with Gasteiger partial charge in [-0.1, -0.05) is 49.4 Å². The summed E-state index contributed by atoms with van der Waals surface area (Å²) in [6, 6.07) is 9.61. The van der Waals surface area contributed by atoms with Gasteiger partial charge in [0.2, 0.25) is 5.91 Å². The summed E-state index contributed by atoms with van der Waals surface area (Å²) in [7, 11) is 0. The zero-order chi connectivity index (χ0) is 13.7. The normalized spacial score (nSPS) is 23.2. The molecule has 1 saturated heterocycles. The molecule has 0 aromatic heterocycles. The van der Waals surface area contributed by atoms with E-state index in [1.165, 1.54) is 0 Å². The van der Waals surface area contributed by atoms with Crippen molar-refractivity contribution in [3.05, 3.63) is 48.0 Å². The van der Waals surface area contributed by atoms with Crippen LogP contribution < -0.4 is 0 Å². The summed E-state index contributed by atoms with van der Waals surface area (Å²) < 4.78 is 0. The average Bonchev–Trinajstić information content (AvgIpc) is 2.84. The molecule has 1 aliphatic rings. The quantitative estimate of drug-likeness (QED) is 0.844. The number of aliphatic hydroxyl groups is 1. The van der Waals surface area contributed by atoms with Crippen molar-refractivity contribution < 1.29 is 9.90 Å². The molecule has 0 aliphatic carbocycles. The van der Waals surface area contributed by atoms with Crippen LogP contribution in [0.3, 0.4) is 0 Å². The summed E-state index contributed by atoms with van der Waals surface area (Å²) >= 11 is 0. The van der Waals surface area contributed by atoms with E-state index in [-0.39, 0.29) is 5.91 Å². The van der Waals surface area contributed by atoms with Gasteiger partial charge in [-0.3, -0.25) is 4.79 Å². The second-order valence-electron chi connectivity index (χ2n) is 5.05. The SMILES string of the molecule is CC/C=C/CC(=O)N1CCC(O)(c2ccccc2)C1. The number of hydrogen-bond donors (Lipinski definition) is 1. The van der Waals surface area contributed by atoms with Crippen molar-refractivity contribution in [3.63, 3.8) is 0 Å². The van der Waals surface area contributed by atoms with E-state index in [2.05, 4.69) is 0 Å². The fraction of sp³-hybridized carbons (Fsp3) is 0.438. The molecule has 1 unspecified atom stereocenters. The van der Waals surface area contributed by atoms with E-state index in [4.69, 9.17) is 0 Å². The molecular formula is C16H21NO2. The smallest absolute Gasteiger partial charge is 0.226 e. The topological polar surface area (TPSA) is 40.5 Å². The summed E-state index contributed by atoms with van der Waals surface area (Å²) in [5.74, 6) is 0.0940. The summed E-state index contributed by atoms with van der Waals surface area (Å²) in [4.78, 5) is 13.8. The first-order valence-corrected chi connectivity index (χ1v) is 6.86. The van der Waals surface area contributed by atoms with Gasteiger partial charge in [0.15, 0.2) is 0 Å². The first-order valence-electron chi connectivity index (χ1n) is 6.86. The number of β-amino-alcohol motifs (C(OH)–C–C–N with tert-alkyl or cyclic N) is 1. The molecule has 3 heteroatoms. The van der Waals surface area contributed by atoms with Crippen LogP contribution in [0.4, 0.5) is 0 Å². The van der Waals surface area contributed by atoms with Crippen molar-refractivity contribution in [2.45, 2.75) is 31.8 Å². The van der Waals surface area contributed by atoms with Crippen LogP contribution in [0.2, 0.25) is 0 Å². The van der Waals surface area contributed by atoms with Crippen molar-refractivity contribution in [2.75, 3.05) is 13.1 Å². The molecule has 1 aliphatic heterocycles. The lowest BCUT2D eigenvalue weighted by Crippen LogP contribution is -2.34. The van der Waals surface area contributed by atoms with Crippen LogP contribution in [0.1, 0.15) is 31.7 Å². The van der Waals surface area contributed by atoms with Gasteiger partial charge in [-0.25, -0.2) is 0 Å². The highest BCUT2D eigenvalue weighted by molar-refractivity contribution is 5.78. The molecular weight excluding hydrogens is 238 g/mol. The average molecular weight is 259 g/mol. The van der Waals surface area contributed by atoms with E-state index in [1.807, 2.05) is 49.4 Å². The molecule has 2 rings (SSSR count). The van der Waals surface area contributed by atoms with Gasteiger partial charge >= 0.3 is 0 Å². The van der Waals surface area contributed by atoms with E-state index < -0.39 is 5.60 Å². The molecule has 0 spiro atoms. The maximum Gasteiger partial charge on any atom is 0.226 e. The first kappa shape index (κ1) is 13.8. The third kappa shape index (κ3) is 3.24. The van der Waals surface area contributed by atoms with Crippen LogP contribution >= 0.6 is 0 Å².